The Morgan fingerprint density at radius 2 is 2.25 bits per heavy atom. The van der Waals surface area contributed by atoms with Crippen molar-refractivity contribution in [1.82, 2.24) is 5.32 Å². The lowest BCUT2D eigenvalue weighted by Crippen LogP contribution is -2.14. The van der Waals surface area contributed by atoms with Crippen LogP contribution in [0.2, 0.25) is 0 Å². The van der Waals surface area contributed by atoms with Gasteiger partial charge in [-0.3, -0.25) is 4.79 Å². The molecule has 1 fully saturated rings. The standard InChI is InChI=1S/C17H25NO2/c1-14-12-17(7-6-16(14)13-19)20-11-3-5-15-4-2-9-18-10-8-15/h6-7,12-13,15,18H,2-5,8-11H2,1H3. The van der Waals surface area contributed by atoms with Crippen LogP contribution in [-0.2, 0) is 0 Å². The minimum Gasteiger partial charge on any atom is -0.494 e. The van der Waals surface area contributed by atoms with Crippen LogP contribution in [-0.4, -0.2) is 26.0 Å². The summed E-state index contributed by atoms with van der Waals surface area (Å²) in [7, 11) is 0. The van der Waals surface area contributed by atoms with E-state index >= 15 is 0 Å². The molecule has 2 rings (SSSR count). The molecule has 1 aromatic carbocycles. The Labute approximate surface area is 121 Å². The number of benzene rings is 1. The molecule has 110 valence electrons. The van der Waals surface area contributed by atoms with Crippen LogP contribution in [0.4, 0.5) is 0 Å². The third-order valence-electron chi connectivity index (χ3n) is 4.09. The number of carbonyl (C=O) groups is 1. The number of ether oxygens (including phenoxy) is 1. The van der Waals surface area contributed by atoms with Gasteiger partial charge in [-0.1, -0.05) is 0 Å². The first-order valence-electron chi connectivity index (χ1n) is 7.69. The first kappa shape index (κ1) is 15.0. The maximum atomic E-state index is 10.8. The molecule has 0 aliphatic carbocycles. The van der Waals surface area contributed by atoms with Crippen molar-refractivity contribution in [3.63, 3.8) is 0 Å². The number of hydrogen-bond acceptors (Lipinski definition) is 3. The quantitative estimate of drug-likeness (QED) is 0.639. The highest BCUT2D eigenvalue weighted by Crippen LogP contribution is 2.20. The molecule has 1 unspecified atom stereocenters. The van der Waals surface area contributed by atoms with Crippen LogP contribution in [0.5, 0.6) is 5.75 Å². The van der Waals surface area contributed by atoms with Crippen LogP contribution < -0.4 is 10.1 Å². The van der Waals surface area contributed by atoms with Gasteiger partial charge in [-0.25, -0.2) is 0 Å². The SMILES string of the molecule is Cc1cc(OCCCC2CCCNCC2)ccc1C=O. The molecule has 20 heavy (non-hydrogen) atoms. The molecular formula is C17H25NO2. The number of carbonyl (C=O) groups excluding carboxylic acids is 1. The predicted molar refractivity (Wildman–Crippen MR) is 81.5 cm³/mol. The minimum atomic E-state index is 0.739. The fourth-order valence-corrected chi connectivity index (χ4v) is 2.81. The van der Waals surface area contributed by atoms with Crippen LogP contribution in [0.3, 0.4) is 0 Å². The van der Waals surface area contributed by atoms with Crippen LogP contribution in [0.15, 0.2) is 18.2 Å². The Balaban J connectivity index is 1.70. The van der Waals surface area contributed by atoms with E-state index in [-0.39, 0.29) is 0 Å². The third-order valence-corrected chi connectivity index (χ3v) is 4.09. The second kappa shape index (κ2) is 8.05. The van der Waals surface area contributed by atoms with Gasteiger partial charge in [0.25, 0.3) is 0 Å². The zero-order valence-electron chi connectivity index (χ0n) is 12.4. The summed E-state index contributed by atoms with van der Waals surface area (Å²) in [5, 5.41) is 3.45. The number of aldehydes is 1. The van der Waals surface area contributed by atoms with E-state index in [9.17, 15) is 4.79 Å². The molecule has 0 amide bonds. The van der Waals surface area contributed by atoms with Gasteiger partial charge >= 0.3 is 0 Å². The first-order chi connectivity index (χ1) is 9.79. The van der Waals surface area contributed by atoms with E-state index in [0.717, 1.165) is 48.7 Å². The minimum absolute atomic E-state index is 0.739. The van der Waals surface area contributed by atoms with Crippen LogP contribution in [0.25, 0.3) is 0 Å². The molecule has 1 aromatic rings. The van der Waals surface area contributed by atoms with E-state index < -0.39 is 0 Å². The summed E-state index contributed by atoms with van der Waals surface area (Å²) in [6.45, 7) is 5.05. The topological polar surface area (TPSA) is 38.3 Å². The Bertz CT molecular complexity index is 423. The lowest BCUT2D eigenvalue weighted by Gasteiger charge is -2.14. The summed E-state index contributed by atoms with van der Waals surface area (Å²) in [4.78, 5) is 10.8. The highest BCUT2D eigenvalue weighted by atomic mass is 16.5. The number of nitrogens with one attached hydrogen (secondary N) is 1. The summed E-state index contributed by atoms with van der Waals surface area (Å²) in [5.74, 6) is 1.73. The highest BCUT2D eigenvalue weighted by Gasteiger charge is 2.11. The van der Waals surface area contributed by atoms with E-state index in [0.29, 0.717) is 0 Å². The van der Waals surface area contributed by atoms with Crippen molar-refractivity contribution >= 4 is 6.29 Å². The maximum Gasteiger partial charge on any atom is 0.150 e. The molecule has 1 aliphatic heterocycles. The van der Waals surface area contributed by atoms with Crippen LogP contribution in [0, 0.1) is 12.8 Å². The molecular weight excluding hydrogens is 250 g/mol. The third kappa shape index (κ3) is 4.64. The first-order valence-corrected chi connectivity index (χ1v) is 7.69. The van der Waals surface area contributed by atoms with E-state index in [1.807, 2.05) is 25.1 Å². The van der Waals surface area contributed by atoms with Crippen molar-refractivity contribution < 1.29 is 9.53 Å². The van der Waals surface area contributed by atoms with Crippen LogP contribution >= 0.6 is 0 Å². The maximum absolute atomic E-state index is 10.8. The average molecular weight is 275 g/mol. The summed E-state index contributed by atoms with van der Waals surface area (Å²) >= 11 is 0. The van der Waals surface area contributed by atoms with Crippen molar-refractivity contribution in [3.05, 3.63) is 29.3 Å². The Kier molecular flexibility index (Phi) is 6.06. The molecule has 0 saturated carbocycles. The largest absolute Gasteiger partial charge is 0.494 e. The summed E-state index contributed by atoms with van der Waals surface area (Å²) < 4.78 is 5.78. The molecule has 1 N–H and O–H groups in total. The van der Waals surface area contributed by atoms with E-state index in [1.54, 1.807) is 0 Å². The van der Waals surface area contributed by atoms with E-state index in [1.165, 1.54) is 32.2 Å². The summed E-state index contributed by atoms with van der Waals surface area (Å²) in [6.07, 6.45) is 7.20. The van der Waals surface area contributed by atoms with Gasteiger partial charge in [0, 0.05) is 5.56 Å². The molecule has 0 radical (unpaired) electrons. The van der Waals surface area contributed by atoms with Gasteiger partial charge in [0.2, 0.25) is 0 Å². The van der Waals surface area contributed by atoms with Gasteiger partial charge in [-0.05, 0) is 81.8 Å². The lowest BCUT2D eigenvalue weighted by atomic mass is 9.95. The number of hydrogen-bond donors (Lipinski definition) is 1. The van der Waals surface area contributed by atoms with Gasteiger partial charge < -0.3 is 10.1 Å². The molecule has 0 spiro atoms. The van der Waals surface area contributed by atoms with Gasteiger partial charge in [-0.2, -0.15) is 0 Å². The smallest absolute Gasteiger partial charge is 0.150 e. The van der Waals surface area contributed by atoms with Crippen molar-refractivity contribution in [3.8, 4) is 5.75 Å². The van der Waals surface area contributed by atoms with Crippen molar-refractivity contribution in [2.75, 3.05) is 19.7 Å². The van der Waals surface area contributed by atoms with Gasteiger partial charge in [0.05, 0.1) is 6.61 Å². The molecule has 1 aliphatic rings. The molecule has 1 heterocycles. The molecule has 1 atom stereocenters. The molecule has 0 bridgehead atoms. The normalized spacial score (nSPS) is 19.4. The lowest BCUT2D eigenvalue weighted by molar-refractivity contribution is 0.112. The zero-order valence-corrected chi connectivity index (χ0v) is 12.4. The summed E-state index contributed by atoms with van der Waals surface area (Å²) in [5.41, 5.74) is 1.72. The molecule has 0 aromatic heterocycles. The second-order valence-electron chi connectivity index (χ2n) is 5.67. The van der Waals surface area contributed by atoms with E-state index in [4.69, 9.17) is 4.74 Å². The Hall–Kier alpha value is -1.35. The van der Waals surface area contributed by atoms with Gasteiger partial charge in [-0.15, -0.1) is 0 Å². The van der Waals surface area contributed by atoms with E-state index in [2.05, 4.69) is 5.32 Å². The molecule has 3 heteroatoms. The van der Waals surface area contributed by atoms with Crippen molar-refractivity contribution in [2.45, 2.75) is 39.0 Å². The van der Waals surface area contributed by atoms with Gasteiger partial charge in [0.15, 0.2) is 0 Å². The van der Waals surface area contributed by atoms with Crippen LogP contribution in [0.1, 0.15) is 48.0 Å². The van der Waals surface area contributed by atoms with Crippen molar-refractivity contribution in [2.24, 2.45) is 5.92 Å². The average Bonchev–Trinajstić information content (AvgIpc) is 2.72. The second-order valence-corrected chi connectivity index (χ2v) is 5.67. The molecule has 1 saturated heterocycles. The number of rotatable bonds is 6. The summed E-state index contributed by atoms with van der Waals surface area (Å²) in [6, 6.07) is 5.65. The Morgan fingerprint density at radius 1 is 1.35 bits per heavy atom. The molecule has 3 nitrogen and oxygen atoms in total. The predicted octanol–water partition coefficient (Wildman–Crippen LogP) is 3.36. The zero-order chi connectivity index (χ0) is 14.2. The number of aryl methyl sites for hydroxylation is 1. The fourth-order valence-electron chi connectivity index (χ4n) is 2.81. The van der Waals surface area contributed by atoms with Gasteiger partial charge in [0.1, 0.15) is 12.0 Å². The Morgan fingerprint density at radius 3 is 3.05 bits per heavy atom. The highest BCUT2D eigenvalue weighted by molar-refractivity contribution is 5.77. The van der Waals surface area contributed by atoms with Crippen molar-refractivity contribution in [1.29, 1.82) is 0 Å². The fraction of sp³-hybridized carbons (Fsp3) is 0.588. The monoisotopic (exact) mass is 275 g/mol.